The zero-order valence-corrected chi connectivity index (χ0v) is 10.9. The van der Waals surface area contributed by atoms with Gasteiger partial charge in [0.05, 0.1) is 0 Å². The number of ether oxygens (including phenoxy) is 1. The zero-order valence-electron chi connectivity index (χ0n) is 10.9. The number of nitrogens with zero attached hydrogens (tertiary/aromatic N) is 2. The van der Waals surface area contributed by atoms with E-state index in [2.05, 4.69) is 29.1 Å². The van der Waals surface area contributed by atoms with Gasteiger partial charge in [-0.1, -0.05) is 20.3 Å². The minimum Gasteiger partial charge on any atom is -0.384 e. The fourth-order valence-corrected chi connectivity index (χ4v) is 1.29. The van der Waals surface area contributed by atoms with Gasteiger partial charge >= 0.3 is 0 Å². The lowest BCUT2D eigenvalue weighted by Crippen LogP contribution is -2.13. The molecule has 96 valence electrons. The monoisotopic (exact) mass is 238 g/mol. The normalized spacial score (nSPS) is 12.4. The predicted octanol–water partition coefficient (Wildman–Crippen LogP) is 2.05. The lowest BCUT2D eigenvalue weighted by Gasteiger charge is -2.11. The second-order valence-electron chi connectivity index (χ2n) is 4.13. The van der Waals surface area contributed by atoms with Crippen molar-refractivity contribution in [1.29, 1.82) is 0 Å². The first-order valence-corrected chi connectivity index (χ1v) is 6.10. The standard InChI is InChI=1S/C12H22N4O/c1-4-9(3)7-14-11-6-10(13)15-12(16-11)8-17-5-2/h6,9H,4-5,7-8H2,1-3H3,(H3,13,14,15,16). The van der Waals surface area contributed by atoms with Crippen molar-refractivity contribution in [2.45, 2.75) is 33.8 Å². The molecule has 17 heavy (non-hydrogen) atoms. The maximum atomic E-state index is 5.72. The average molecular weight is 238 g/mol. The van der Waals surface area contributed by atoms with Crippen LogP contribution in [0.15, 0.2) is 6.07 Å². The molecule has 0 bridgehead atoms. The van der Waals surface area contributed by atoms with Crippen molar-refractivity contribution in [2.75, 3.05) is 24.2 Å². The largest absolute Gasteiger partial charge is 0.384 e. The number of nitrogens with two attached hydrogens (primary N) is 1. The molecule has 0 saturated heterocycles. The Bertz CT molecular complexity index is 343. The Balaban J connectivity index is 2.61. The van der Waals surface area contributed by atoms with Gasteiger partial charge in [0.15, 0.2) is 5.82 Å². The summed E-state index contributed by atoms with van der Waals surface area (Å²) in [6.45, 7) is 8.24. The average Bonchev–Trinajstić information content (AvgIpc) is 2.32. The number of nitrogens with one attached hydrogen (secondary N) is 1. The number of nitrogen functional groups attached to an aromatic ring is 1. The van der Waals surface area contributed by atoms with Crippen LogP contribution in [0, 0.1) is 5.92 Å². The van der Waals surface area contributed by atoms with Crippen LogP contribution in [0.3, 0.4) is 0 Å². The smallest absolute Gasteiger partial charge is 0.158 e. The van der Waals surface area contributed by atoms with Crippen molar-refractivity contribution in [1.82, 2.24) is 9.97 Å². The maximum absolute atomic E-state index is 5.72. The molecule has 3 N–H and O–H groups in total. The SMILES string of the molecule is CCOCc1nc(N)cc(NCC(C)CC)n1. The van der Waals surface area contributed by atoms with E-state index in [1.165, 1.54) is 0 Å². The van der Waals surface area contributed by atoms with Crippen LogP contribution in [0.5, 0.6) is 0 Å². The molecule has 0 spiro atoms. The summed E-state index contributed by atoms with van der Waals surface area (Å²) in [6, 6.07) is 1.75. The summed E-state index contributed by atoms with van der Waals surface area (Å²) < 4.78 is 5.27. The summed E-state index contributed by atoms with van der Waals surface area (Å²) in [5, 5.41) is 3.27. The fraction of sp³-hybridized carbons (Fsp3) is 0.667. The van der Waals surface area contributed by atoms with E-state index in [0.29, 0.717) is 30.8 Å². The highest BCUT2D eigenvalue weighted by Crippen LogP contribution is 2.10. The molecule has 5 nitrogen and oxygen atoms in total. The minimum absolute atomic E-state index is 0.402. The molecule has 0 radical (unpaired) electrons. The van der Waals surface area contributed by atoms with Gasteiger partial charge in [-0.05, 0) is 12.8 Å². The molecular weight excluding hydrogens is 216 g/mol. The van der Waals surface area contributed by atoms with Gasteiger partial charge in [0.25, 0.3) is 0 Å². The van der Waals surface area contributed by atoms with Crippen LogP contribution < -0.4 is 11.1 Å². The molecule has 1 aromatic heterocycles. The predicted molar refractivity (Wildman–Crippen MR) is 69.7 cm³/mol. The second kappa shape index (κ2) is 7.06. The van der Waals surface area contributed by atoms with E-state index in [0.717, 1.165) is 18.8 Å². The minimum atomic E-state index is 0.402. The third-order valence-electron chi connectivity index (χ3n) is 2.56. The van der Waals surface area contributed by atoms with Crippen molar-refractivity contribution in [3.05, 3.63) is 11.9 Å². The Hall–Kier alpha value is -1.36. The highest BCUT2D eigenvalue weighted by molar-refractivity contribution is 5.44. The van der Waals surface area contributed by atoms with E-state index in [-0.39, 0.29) is 0 Å². The van der Waals surface area contributed by atoms with Gasteiger partial charge in [0, 0.05) is 19.2 Å². The summed E-state index contributed by atoms with van der Waals surface area (Å²) in [5.74, 6) is 2.48. The molecule has 1 aromatic rings. The van der Waals surface area contributed by atoms with Gasteiger partial charge < -0.3 is 15.8 Å². The molecule has 5 heteroatoms. The number of aromatic nitrogens is 2. The molecule has 0 aromatic carbocycles. The van der Waals surface area contributed by atoms with Gasteiger partial charge in [-0.2, -0.15) is 0 Å². The van der Waals surface area contributed by atoms with Crippen LogP contribution >= 0.6 is 0 Å². The van der Waals surface area contributed by atoms with E-state index in [4.69, 9.17) is 10.5 Å². The van der Waals surface area contributed by atoms with E-state index in [1.54, 1.807) is 6.07 Å². The Morgan fingerprint density at radius 3 is 2.82 bits per heavy atom. The van der Waals surface area contributed by atoms with Crippen LogP contribution in [-0.4, -0.2) is 23.1 Å². The zero-order chi connectivity index (χ0) is 12.7. The third-order valence-corrected chi connectivity index (χ3v) is 2.56. The van der Waals surface area contributed by atoms with Gasteiger partial charge in [-0.3, -0.25) is 0 Å². The molecule has 1 heterocycles. The molecule has 0 amide bonds. The highest BCUT2D eigenvalue weighted by atomic mass is 16.5. The Morgan fingerprint density at radius 1 is 1.41 bits per heavy atom. The topological polar surface area (TPSA) is 73.1 Å². The van der Waals surface area contributed by atoms with Gasteiger partial charge in [-0.25, -0.2) is 9.97 Å². The first-order chi connectivity index (χ1) is 8.15. The molecule has 1 unspecified atom stereocenters. The number of rotatable bonds is 7. The van der Waals surface area contributed by atoms with E-state index in [9.17, 15) is 0 Å². The third kappa shape index (κ3) is 4.99. The van der Waals surface area contributed by atoms with Gasteiger partial charge in [0.2, 0.25) is 0 Å². The molecule has 0 fully saturated rings. The van der Waals surface area contributed by atoms with Crippen LogP contribution in [0.1, 0.15) is 33.0 Å². The maximum Gasteiger partial charge on any atom is 0.158 e. The molecular formula is C12H22N4O. The molecule has 0 aliphatic heterocycles. The van der Waals surface area contributed by atoms with Crippen molar-refractivity contribution >= 4 is 11.6 Å². The van der Waals surface area contributed by atoms with Crippen LogP contribution in [0.25, 0.3) is 0 Å². The molecule has 1 rings (SSSR count). The Morgan fingerprint density at radius 2 is 2.18 bits per heavy atom. The number of hydrogen-bond acceptors (Lipinski definition) is 5. The number of hydrogen-bond donors (Lipinski definition) is 2. The Labute approximate surface area is 103 Å². The van der Waals surface area contributed by atoms with Crippen molar-refractivity contribution in [2.24, 2.45) is 5.92 Å². The summed E-state index contributed by atoms with van der Waals surface area (Å²) in [6.07, 6.45) is 1.14. The van der Waals surface area contributed by atoms with Gasteiger partial charge in [0.1, 0.15) is 18.2 Å². The van der Waals surface area contributed by atoms with Crippen LogP contribution in [0.2, 0.25) is 0 Å². The lowest BCUT2D eigenvalue weighted by atomic mass is 10.1. The first-order valence-electron chi connectivity index (χ1n) is 6.10. The van der Waals surface area contributed by atoms with E-state index >= 15 is 0 Å². The molecule has 0 aliphatic carbocycles. The quantitative estimate of drug-likeness (QED) is 0.760. The summed E-state index contributed by atoms with van der Waals surface area (Å²) in [5.41, 5.74) is 5.72. The van der Waals surface area contributed by atoms with Crippen molar-refractivity contribution < 1.29 is 4.74 Å². The second-order valence-corrected chi connectivity index (χ2v) is 4.13. The first kappa shape index (κ1) is 13.7. The Kier molecular flexibility index (Phi) is 5.69. The van der Waals surface area contributed by atoms with E-state index < -0.39 is 0 Å². The fourth-order valence-electron chi connectivity index (χ4n) is 1.29. The molecule has 0 saturated carbocycles. The number of anilines is 2. The van der Waals surface area contributed by atoms with Crippen LogP contribution in [0.4, 0.5) is 11.6 Å². The van der Waals surface area contributed by atoms with Crippen molar-refractivity contribution in [3.8, 4) is 0 Å². The van der Waals surface area contributed by atoms with E-state index in [1.807, 2.05) is 6.92 Å². The summed E-state index contributed by atoms with van der Waals surface area (Å²) >= 11 is 0. The summed E-state index contributed by atoms with van der Waals surface area (Å²) in [4.78, 5) is 8.47. The van der Waals surface area contributed by atoms with Crippen molar-refractivity contribution in [3.63, 3.8) is 0 Å². The lowest BCUT2D eigenvalue weighted by molar-refractivity contribution is 0.128. The molecule has 1 atom stereocenters. The molecule has 0 aliphatic rings. The van der Waals surface area contributed by atoms with Gasteiger partial charge in [-0.15, -0.1) is 0 Å². The summed E-state index contributed by atoms with van der Waals surface area (Å²) in [7, 11) is 0. The van der Waals surface area contributed by atoms with Crippen LogP contribution in [-0.2, 0) is 11.3 Å². The highest BCUT2D eigenvalue weighted by Gasteiger charge is 2.04.